The van der Waals surface area contributed by atoms with E-state index < -0.39 is 28.9 Å². The van der Waals surface area contributed by atoms with Crippen LogP contribution in [0.5, 0.6) is 0 Å². The van der Waals surface area contributed by atoms with E-state index in [0.29, 0.717) is 24.4 Å². The van der Waals surface area contributed by atoms with Gasteiger partial charge in [-0.25, -0.2) is 9.78 Å². The number of hydrogen-bond acceptors (Lipinski definition) is 4. The number of nitrogens with one attached hydrogen (secondary N) is 1. The van der Waals surface area contributed by atoms with E-state index in [2.05, 4.69) is 14.9 Å². The molecule has 2 aromatic heterocycles. The highest BCUT2D eigenvalue weighted by Crippen LogP contribution is 2.59. The summed E-state index contributed by atoms with van der Waals surface area (Å²) in [5.74, 6) is -0.233. The largest absolute Gasteiger partial charge is 0.416 e. The van der Waals surface area contributed by atoms with Crippen molar-refractivity contribution in [2.75, 3.05) is 19.6 Å². The van der Waals surface area contributed by atoms with Crippen molar-refractivity contribution in [2.24, 2.45) is 5.92 Å². The van der Waals surface area contributed by atoms with Gasteiger partial charge in [-0.1, -0.05) is 12.1 Å². The van der Waals surface area contributed by atoms with Crippen LogP contribution in [0.25, 0.3) is 11.1 Å². The van der Waals surface area contributed by atoms with E-state index in [9.17, 15) is 27.2 Å². The van der Waals surface area contributed by atoms with Crippen molar-refractivity contribution >= 4 is 0 Å². The molecular weight excluding hydrogens is 452 g/mol. The molecule has 6 nitrogen and oxygen atoms in total. The first kappa shape index (κ1) is 22.5. The van der Waals surface area contributed by atoms with Crippen LogP contribution in [-0.2, 0) is 18.1 Å². The SMILES string of the molecule is O=c1[nH]c(=O)n(CCCN2C[C@@H]3C[C@]3(c3ccc(C(F)(F)F)cc3)C2)cc1-c1ccc(F)nc1. The molecule has 1 N–H and O–H groups in total. The van der Waals surface area contributed by atoms with E-state index in [0.717, 1.165) is 49.8 Å². The number of H-pyrrole nitrogens is 1. The molecule has 0 radical (unpaired) electrons. The Morgan fingerprint density at radius 1 is 1.09 bits per heavy atom. The summed E-state index contributed by atoms with van der Waals surface area (Å²) in [6, 6.07) is 8.07. The van der Waals surface area contributed by atoms with E-state index >= 15 is 0 Å². The molecule has 2 fully saturated rings. The molecule has 0 unspecified atom stereocenters. The second-order valence-electron chi connectivity index (χ2n) is 9.09. The maximum atomic E-state index is 13.1. The zero-order chi connectivity index (χ0) is 24.1. The van der Waals surface area contributed by atoms with Gasteiger partial charge in [-0.15, -0.1) is 0 Å². The van der Waals surface area contributed by atoms with E-state index in [1.807, 2.05) is 0 Å². The van der Waals surface area contributed by atoms with Gasteiger partial charge in [-0.3, -0.25) is 14.3 Å². The standard InChI is InChI=1S/C24H22F4N4O2/c25-20-7-2-15(11-29-20)19-13-32(22(34)30-21(19)33)9-1-8-31-12-18-10-23(18,14-31)16-3-5-17(6-4-16)24(26,27)28/h2-7,11,13,18H,1,8-10,12,14H2,(H,30,33,34)/t18-,23+/m0/s1. The summed E-state index contributed by atoms with van der Waals surface area (Å²) in [6.07, 6.45) is -0.00687. The molecule has 2 atom stereocenters. The van der Waals surface area contributed by atoms with Crippen molar-refractivity contribution in [3.63, 3.8) is 0 Å². The molecule has 10 heteroatoms. The molecule has 0 amide bonds. The Bertz CT molecular complexity index is 1320. The minimum atomic E-state index is -4.34. The van der Waals surface area contributed by atoms with Crippen LogP contribution in [0.1, 0.15) is 24.0 Å². The predicted molar refractivity (Wildman–Crippen MR) is 117 cm³/mol. The zero-order valence-electron chi connectivity index (χ0n) is 18.1. The molecular formula is C24H22F4N4O2. The Labute approximate surface area is 191 Å². The van der Waals surface area contributed by atoms with Crippen LogP contribution in [0.3, 0.4) is 0 Å². The number of benzene rings is 1. The predicted octanol–water partition coefficient (Wildman–Crippen LogP) is 3.42. The van der Waals surface area contributed by atoms with Crippen LogP contribution >= 0.6 is 0 Å². The first-order valence-electron chi connectivity index (χ1n) is 11.0. The molecule has 34 heavy (non-hydrogen) atoms. The number of nitrogens with zero attached hydrogens (tertiary/aromatic N) is 3. The molecule has 1 saturated carbocycles. The minimum absolute atomic E-state index is 0.0816. The van der Waals surface area contributed by atoms with Gasteiger partial charge in [0.1, 0.15) is 0 Å². The maximum Gasteiger partial charge on any atom is 0.416 e. The maximum absolute atomic E-state index is 13.1. The van der Waals surface area contributed by atoms with Crippen LogP contribution in [0, 0.1) is 11.9 Å². The quantitative estimate of drug-likeness (QED) is 0.439. The molecule has 1 aliphatic heterocycles. The minimum Gasteiger partial charge on any atom is -0.302 e. The highest BCUT2D eigenvalue weighted by atomic mass is 19.4. The molecule has 3 aromatic rings. The lowest BCUT2D eigenvalue weighted by Crippen LogP contribution is -2.32. The number of pyridine rings is 1. The number of fused-ring (bicyclic) bond motifs is 1. The molecule has 1 saturated heterocycles. The fourth-order valence-corrected chi connectivity index (χ4v) is 5.08. The van der Waals surface area contributed by atoms with Gasteiger partial charge in [0, 0.05) is 43.0 Å². The number of alkyl halides is 3. The molecule has 0 spiro atoms. The fraction of sp³-hybridized carbons (Fsp3) is 0.375. The van der Waals surface area contributed by atoms with Gasteiger partial charge < -0.3 is 4.90 Å². The van der Waals surface area contributed by atoms with Crippen molar-refractivity contribution < 1.29 is 17.6 Å². The summed E-state index contributed by atoms with van der Waals surface area (Å²) in [4.78, 5) is 32.5. The normalized spacial score (nSPS) is 22.1. The second-order valence-corrected chi connectivity index (χ2v) is 9.09. The van der Waals surface area contributed by atoms with Gasteiger partial charge in [0.15, 0.2) is 0 Å². The third-order valence-corrected chi connectivity index (χ3v) is 6.93. The van der Waals surface area contributed by atoms with Crippen LogP contribution in [-0.4, -0.2) is 39.1 Å². The average molecular weight is 474 g/mol. The lowest BCUT2D eigenvalue weighted by Gasteiger charge is -2.21. The van der Waals surface area contributed by atoms with Crippen LogP contribution in [0.4, 0.5) is 17.6 Å². The third kappa shape index (κ3) is 4.18. The smallest absolute Gasteiger partial charge is 0.302 e. The number of piperidine rings is 1. The molecule has 0 bridgehead atoms. The summed E-state index contributed by atoms with van der Waals surface area (Å²) < 4.78 is 53.1. The zero-order valence-corrected chi connectivity index (χ0v) is 18.1. The summed E-state index contributed by atoms with van der Waals surface area (Å²) in [6.45, 7) is 2.74. The first-order valence-corrected chi connectivity index (χ1v) is 11.0. The van der Waals surface area contributed by atoms with Crippen LogP contribution in [0.2, 0.25) is 0 Å². The number of aromatic amines is 1. The van der Waals surface area contributed by atoms with Crippen LogP contribution in [0.15, 0.2) is 58.4 Å². The molecule has 178 valence electrons. The highest BCUT2D eigenvalue weighted by molar-refractivity contribution is 5.59. The van der Waals surface area contributed by atoms with E-state index in [1.54, 1.807) is 12.1 Å². The topological polar surface area (TPSA) is 71.0 Å². The van der Waals surface area contributed by atoms with Gasteiger partial charge >= 0.3 is 11.9 Å². The number of likely N-dealkylation sites (tertiary alicyclic amines) is 1. The van der Waals surface area contributed by atoms with Gasteiger partial charge in [-0.05, 0) is 55.1 Å². The number of aromatic nitrogens is 3. The lowest BCUT2D eigenvalue weighted by molar-refractivity contribution is -0.137. The summed E-state index contributed by atoms with van der Waals surface area (Å²) >= 11 is 0. The van der Waals surface area contributed by atoms with Crippen molar-refractivity contribution in [1.82, 2.24) is 19.4 Å². The number of aryl methyl sites for hydroxylation is 1. The monoisotopic (exact) mass is 474 g/mol. The number of hydrogen-bond donors (Lipinski definition) is 1. The van der Waals surface area contributed by atoms with Crippen molar-refractivity contribution in [3.05, 3.63) is 86.7 Å². The molecule has 5 rings (SSSR count). The van der Waals surface area contributed by atoms with E-state index in [-0.39, 0.29) is 11.0 Å². The first-order chi connectivity index (χ1) is 16.2. The molecule has 2 aliphatic rings. The average Bonchev–Trinajstić information content (AvgIpc) is 3.37. The molecule has 1 aromatic carbocycles. The van der Waals surface area contributed by atoms with Gasteiger partial charge in [0.05, 0.1) is 11.1 Å². The Kier molecular flexibility index (Phi) is 5.43. The Morgan fingerprint density at radius 2 is 1.85 bits per heavy atom. The van der Waals surface area contributed by atoms with Crippen LogP contribution < -0.4 is 11.2 Å². The van der Waals surface area contributed by atoms with E-state index in [4.69, 9.17) is 0 Å². The lowest BCUT2D eigenvalue weighted by atomic mass is 9.94. The van der Waals surface area contributed by atoms with Gasteiger partial charge in [0.25, 0.3) is 5.56 Å². The summed E-state index contributed by atoms with van der Waals surface area (Å²) in [7, 11) is 0. The Morgan fingerprint density at radius 3 is 2.53 bits per heavy atom. The fourth-order valence-electron chi connectivity index (χ4n) is 5.08. The number of halogens is 4. The third-order valence-electron chi connectivity index (χ3n) is 6.93. The Hall–Kier alpha value is -3.27. The van der Waals surface area contributed by atoms with Gasteiger partial charge in [-0.2, -0.15) is 17.6 Å². The van der Waals surface area contributed by atoms with Crippen molar-refractivity contribution in [1.29, 1.82) is 0 Å². The molecule has 1 aliphatic carbocycles. The Balaban J connectivity index is 1.22. The second kappa shape index (κ2) is 8.19. The van der Waals surface area contributed by atoms with Gasteiger partial charge in [0.2, 0.25) is 5.95 Å². The van der Waals surface area contributed by atoms with Crippen molar-refractivity contribution in [3.8, 4) is 11.1 Å². The highest BCUT2D eigenvalue weighted by Gasteiger charge is 2.60. The molecule has 3 heterocycles. The summed E-state index contributed by atoms with van der Waals surface area (Å²) in [5.41, 5.74) is -0.210. The number of rotatable bonds is 6. The van der Waals surface area contributed by atoms with Crippen molar-refractivity contribution in [2.45, 2.75) is 31.0 Å². The van der Waals surface area contributed by atoms with E-state index in [1.165, 1.54) is 23.0 Å². The summed E-state index contributed by atoms with van der Waals surface area (Å²) in [5, 5.41) is 0.